The van der Waals surface area contributed by atoms with Crippen LogP contribution >= 0.6 is 0 Å². The van der Waals surface area contributed by atoms with Crippen molar-refractivity contribution in [2.75, 3.05) is 14.2 Å². The molecule has 0 aromatic heterocycles. The van der Waals surface area contributed by atoms with Gasteiger partial charge in [0.1, 0.15) is 0 Å². The van der Waals surface area contributed by atoms with Gasteiger partial charge in [-0.15, -0.1) is 0 Å². The van der Waals surface area contributed by atoms with Crippen LogP contribution in [0.25, 0.3) is 0 Å². The number of esters is 2. The van der Waals surface area contributed by atoms with E-state index in [4.69, 9.17) is 0 Å². The molecule has 0 saturated heterocycles. The molecule has 0 bridgehead atoms. The Hall–Kier alpha value is -1.58. The maximum Gasteiger partial charge on any atom is 0.330 e. The highest BCUT2D eigenvalue weighted by Gasteiger charge is 2.21. The molecule has 0 spiro atoms. The number of hydrogen-bond acceptors (Lipinski definition) is 4. The predicted octanol–water partition coefficient (Wildman–Crippen LogP) is 1.86. The molecule has 1 aliphatic carbocycles. The third-order valence-corrected chi connectivity index (χ3v) is 2.93. The Bertz CT molecular complexity index is 298. The largest absolute Gasteiger partial charge is 0.466 e. The van der Waals surface area contributed by atoms with Gasteiger partial charge in [0.15, 0.2) is 0 Å². The van der Waals surface area contributed by atoms with E-state index in [1.807, 2.05) is 12.2 Å². The minimum absolute atomic E-state index is 0.321. The Kier molecular flexibility index (Phi) is 5.46. The molecule has 1 aliphatic rings. The van der Waals surface area contributed by atoms with Crippen molar-refractivity contribution in [3.8, 4) is 0 Å². The molecule has 4 nitrogen and oxygen atoms in total. The average molecular weight is 238 g/mol. The van der Waals surface area contributed by atoms with Crippen LogP contribution in [0.1, 0.15) is 19.3 Å². The summed E-state index contributed by atoms with van der Waals surface area (Å²) in [5.74, 6) is 0.139. The Labute approximate surface area is 101 Å². The lowest BCUT2D eigenvalue weighted by atomic mass is 10.0. The first-order valence-corrected chi connectivity index (χ1v) is 5.68. The van der Waals surface area contributed by atoms with Crippen molar-refractivity contribution in [2.24, 2.45) is 11.8 Å². The lowest BCUT2D eigenvalue weighted by Crippen LogP contribution is -1.98. The number of rotatable bonds is 4. The SMILES string of the molecule is COC(=O)/C=C/C1CCC(/C=C/C(=O)OC)C1. The molecular formula is C13H18O4. The average Bonchev–Trinajstić information content (AvgIpc) is 2.80. The summed E-state index contributed by atoms with van der Waals surface area (Å²) in [5.41, 5.74) is 0. The van der Waals surface area contributed by atoms with Crippen LogP contribution in [0.5, 0.6) is 0 Å². The molecule has 0 aliphatic heterocycles. The van der Waals surface area contributed by atoms with Crippen molar-refractivity contribution >= 4 is 11.9 Å². The van der Waals surface area contributed by atoms with Gasteiger partial charge >= 0.3 is 11.9 Å². The fourth-order valence-electron chi connectivity index (χ4n) is 1.97. The molecule has 2 atom stereocenters. The second-order valence-electron chi connectivity index (χ2n) is 4.10. The number of carbonyl (C=O) groups is 2. The molecule has 1 saturated carbocycles. The fourth-order valence-corrected chi connectivity index (χ4v) is 1.97. The smallest absolute Gasteiger partial charge is 0.330 e. The molecule has 0 heterocycles. The Morgan fingerprint density at radius 1 is 0.941 bits per heavy atom. The number of methoxy groups -OCH3 is 2. The van der Waals surface area contributed by atoms with Crippen LogP contribution in [-0.2, 0) is 19.1 Å². The van der Waals surface area contributed by atoms with E-state index >= 15 is 0 Å². The quantitative estimate of drug-likeness (QED) is 0.554. The molecule has 1 fully saturated rings. The summed E-state index contributed by atoms with van der Waals surface area (Å²) < 4.78 is 9.06. The molecule has 0 N–H and O–H groups in total. The molecule has 0 aromatic carbocycles. The van der Waals surface area contributed by atoms with Crippen molar-refractivity contribution in [1.29, 1.82) is 0 Å². The van der Waals surface area contributed by atoms with Gasteiger partial charge in [0, 0.05) is 12.2 Å². The third kappa shape index (κ3) is 4.85. The van der Waals surface area contributed by atoms with Gasteiger partial charge in [-0.2, -0.15) is 0 Å². The van der Waals surface area contributed by atoms with E-state index in [9.17, 15) is 9.59 Å². The van der Waals surface area contributed by atoms with Crippen molar-refractivity contribution in [1.82, 2.24) is 0 Å². The van der Waals surface area contributed by atoms with E-state index in [-0.39, 0.29) is 11.9 Å². The van der Waals surface area contributed by atoms with Crippen molar-refractivity contribution in [3.05, 3.63) is 24.3 Å². The van der Waals surface area contributed by atoms with E-state index in [2.05, 4.69) is 9.47 Å². The second kappa shape index (κ2) is 6.89. The first-order chi connectivity index (χ1) is 8.15. The number of hydrogen-bond donors (Lipinski definition) is 0. The van der Waals surface area contributed by atoms with Crippen LogP contribution in [0.2, 0.25) is 0 Å². The molecule has 2 unspecified atom stereocenters. The van der Waals surface area contributed by atoms with Crippen molar-refractivity contribution in [2.45, 2.75) is 19.3 Å². The van der Waals surface area contributed by atoms with Crippen molar-refractivity contribution in [3.63, 3.8) is 0 Å². The maximum atomic E-state index is 10.9. The van der Waals surface area contributed by atoms with Gasteiger partial charge in [-0.1, -0.05) is 12.2 Å². The first kappa shape index (κ1) is 13.5. The van der Waals surface area contributed by atoms with Gasteiger partial charge in [-0.3, -0.25) is 0 Å². The zero-order chi connectivity index (χ0) is 12.7. The molecular weight excluding hydrogens is 220 g/mol. The van der Waals surface area contributed by atoms with Crippen LogP contribution in [0, 0.1) is 11.8 Å². The number of ether oxygens (including phenoxy) is 2. The summed E-state index contributed by atoms with van der Waals surface area (Å²) in [7, 11) is 2.73. The van der Waals surface area contributed by atoms with E-state index in [1.165, 1.54) is 26.4 Å². The van der Waals surface area contributed by atoms with Gasteiger partial charge in [0.2, 0.25) is 0 Å². The van der Waals surface area contributed by atoms with Gasteiger partial charge in [0.25, 0.3) is 0 Å². The second-order valence-corrected chi connectivity index (χ2v) is 4.10. The minimum atomic E-state index is -0.321. The van der Waals surface area contributed by atoms with Crippen molar-refractivity contribution < 1.29 is 19.1 Å². The Morgan fingerprint density at radius 2 is 1.35 bits per heavy atom. The highest BCUT2D eigenvalue weighted by atomic mass is 16.5. The van der Waals surface area contributed by atoms with E-state index in [0.29, 0.717) is 11.8 Å². The summed E-state index contributed by atoms with van der Waals surface area (Å²) in [4.78, 5) is 21.8. The predicted molar refractivity (Wildman–Crippen MR) is 63.1 cm³/mol. The van der Waals surface area contributed by atoms with E-state index in [1.54, 1.807) is 0 Å². The molecule has 4 heteroatoms. The van der Waals surface area contributed by atoms with Crippen LogP contribution in [0.4, 0.5) is 0 Å². The standard InChI is InChI=1S/C13H18O4/c1-16-12(14)7-5-10-3-4-11(9-10)6-8-13(15)17-2/h5-8,10-11H,3-4,9H2,1-2H3/b7-5+,8-6+. The van der Waals surface area contributed by atoms with Crippen LogP contribution < -0.4 is 0 Å². The molecule has 0 aromatic rings. The summed E-state index contributed by atoms with van der Waals surface area (Å²) >= 11 is 0. The van der Waals surface area contributed by atoms with Gasteiger partial charge in [0.05, 0.1) is 14.2 Å². The Morgan fingerprint density at radius 3 is 1.71 bits per heavy atom. The van der Waals surface area contributed by atoms with Gasteiger partial charge in [-0.25, -0.2) is 9.59 Å². The zero-order valence-corrected chi connectivity index (χ0v) is 10.2. The summed E-state index contributed by atoms with van der Waals surface area (Å²) in [6.07, 6.45) is 9.73. The van der Waals surface area contributed by atoms with Crippen LogP contribution in [-0.4, -0.2) is 26.2 Å². The topological polar surface area (TPSA) is 52.6 Å². The van der Waals surface area contributed by atoms with E-state index in [0.717, 1.165) is 19.3 Å². The summed E-state index contributed by atoms with van der Waals surface area (Å²) in [6, 6.07) is 0. The lowest BCUT2D eigenvalue weighted by Gasteiger charge is -2.02. The molecule has 0 radical (unpaired) electrons. The van der Waals surface area contributed by atoms with Crippen LogP contribution in [0.15, 0.2) is 24.3 Å². The molecule has 1 rings (SSSR count). The first-order valence-electron chi connectivity index (χ1n) is 5.68. The fraction of sp³-hybridized carbons (Fsp3) is 0.538. The summed E-state index contributed by atoms with van der Waals surface area (Å²) in [6.45, 7) is 0. The normalized spacial score (nSPS) is 24.4. The van der Waals surface area contributed by atoms with Gasteiger partial charge < -0.3 is 9.47 Å². The summed E-state index contributed by atoms with van der Waals surface area (Å²) in [5, 5.41) is 0. The Balaban J connectivity index is 2.37. The lowest BCUT2D eigenvalue weighted by molar-refractivity contribution is -0.135. The molecule has 0 amide bonds. The number of allylic oxidation sites excluding steroid dienone is 2. The molecule has 17 heavy (non-hydrogen) atoms. The third-order valence-electron chi connectivity index (χ3n) is 2.93. The molecule has 94 valence electrons. The maximum absolute atomic E-state index is 10.9. The van der Waals surface area contributed by atoms with Crippen LogP contribution in [0.3, 0.4) is 0 Å². The highest BCUT2D eigenvalue weighted by Crippen LogP contribution is 2.32. The number of carbonyl (C=O) groups excluding carboxylic acids is 2. The minimum Gasteiger partial charge on any atom is -0.466 e. The monoisotopic (exact) mass is 238 g/mol. The highest BCUT2D eigenvalue weighted by molar-refractivity contribution is 5.82. The van der Waals surface area contributed by atoms with E-state index < -0.39 is 0 Å². The zero-order valence-electron chi connectivity index (χ0n) is 10.2. The van der Waals surface area contributed by atoms with Gasteiger partial charge in [-0.05, 0) is 31.1 Å².